The molecule has 0 unspecified atom stereocenters. The molecule has 0 aliphatic heterocycles. The Kier molecular flexibility index (Phi) is 6.58. The van der Waals surface area contributed by atoms with Gasteiger partial charge in [-0.3, -0.25) is 15.6 Å². The van der Waals surface area contributed by atoms with Crippen molar-refractivity contribution in [2.75, 3.05) is 27.2 Å². The largest absolute Gasteiger partial charge is 0.360 e. The van der Waals surface area contributed by atoms with Gasteiger partial charge >= 0.3 is 0 Å². The highest BCUT2D eigenvalue weighted by Crippen LogP contribution is 2.11. The molecule has 1 aromatic heterocycles. The summed E-state index contributed by atoms with van der Waals surface area (Å²) in [5.41, 5.74) is 5.95. The van der Waals surface area contributed by atoms with Crippen molar-refractivity contribution >= 4 is 23.2 Å². The van der Waals surface area contributed by atoms with E-state index in [1.165, 1.54) is 4.80 Å². The molecule has 1 heterocycles. The van der Waals surface area contributed by atoms with Crippen LogP contribution in [0.4, 0.5) is 0 Å². The molecule has 0 atom stereocenters. The molecule has 1 aromatic carbocycles. The molecule has 10 heteroatoms. The number of amides is 1. The van der Waals surface area contributed by atoms with Crippen LogP contribution in [-0.4, -0.2) is 63.3 Å². The van der Waals surface area contributed by atoms with E-state index < -0.39 is 0 Å². The molecule has 0 radical (unpaired) electrons. The maximum atomic E-state index is 11.8. The molecule has 0 aliphatic carbocycles. The third-order valence-corrected chi connectivity index (χ3v) is 3.18. The van der Waals surface area contributed by atoms with E-state index in [9.17, 15) is 4.79 Å². The van der Waals surface area contributed by atoms with Gasteiger partial charge in [-0.05, 0) is 31.5 Å². The number of carbonyl (C=O) groups excluding carboxylic acids is 1. The van der Waals surface area contributed by atoms with E-state index in [0.29, 0.717) is 17.5 Å². The maximum absolute atomic E-state index is 11.8. The van der Waals surface area contributed by atoms with Crippen molar-refractivity contribution in [3.8, 4) is 11.4 Å². The second-order valence-corrected chi connectivity index (χ2v) is 5.65. The summed E-state index contributed by atoms with van der Waals surface area (Å²) in [6.07, 6.45) is 0. The number of carbonyl (C=O) groups is 1. The molecule has 0 spiro atoms. The topological polar surface area (TPSA) is 100 Å². The predicted octanol–water partition coefficient (Wildman–Crippen LogP) is -0.603. The molecular weight excluding hydrogens is 328 g/mol. The molecule has 2 aromatic rings. The average Bonchev–Trinajstić information content (AvgIpc) is 3.02. The van der Waals surface area contributed by atoms with Gasteiger partial charge in [0.2, 0.25) is 5.82 Å². The van der Waals surface area contributed by atoms with Crippen molar-refractivity contribution in [3.63, 3.8) is 0 Å². The molecule has 9 nitrogen and oxygen atoms in total. The van der Waals surface area contributed by atoms with E-state index in [1.807, 2.05) is 49.3 Å². The van der Waals surface area contributed by atoms with E-state index >= 15 is 0 Å². The van der Waals surface area contributed by atoms with E-state index in [0.717, 1.165) is 12.1 Å². The minimum Gasteiger partial charge on any atom is -0.360 e. The Balaban J connectivity index is 1.75. The number of aromatic nitrogens is 4. The molecule has 3 N–H and O–H groups in total. The zero-order valence-electron chi connectivity index (χ0n) is 13.6. The van der Waals surface area contributed by atoms with Crippen molar-refractivity contribution in [1.82, 2.24) is 41.3 Å². The van der Waals surface area contributed by atoms with Gasteiger partial charge in [-0.1, -0.05) is 30.3 Å². The lowest BCUT2D eigenvalue weighted by Crippen LogP contribution is -2.48. The minimum atomic E-state index is -0.330. The Labute approximate surface area is 145 Å². The third-order valence-electron chi connectivity index (χ3n) is 2.93. The van der Waals surface area contributed by atoms with Crippen LogP contribution >= 0.6 is 12.2 Å². The highest BCUT2D eigenvalue weighted by Gasteiger charge is 2.09. The summed E-state index contributed by atoms with van der Waals surface area (Å²) in [6, 6.07) is 9.43. The summed E-state index contributed by atoms with van der Waals surface area (Å²) in [4.78, 5) is 15.1. The van der Waals surface area contributed by atoms with Gasteiger partial charge in [-0.2, -0.15) is 4.80 Å². The smallest absolute Gasteiger partial charge is 0.262 e. The fourth-order valence-electron chi connectivity index (χ4n) is 1.74. The van der Waals surface area contributed by atoms with Gasteiger partial charge in [0.05, 0.1) is 0 Å². The van der Waals surface area contributed by atoms with Crippen LogP contribution in [0.25, 0.3) is 11.4 Å². The van der Waals surface area contributed by atoms with Gasteiger partial charge in [-0.15, -0.1) is 10.2 Å². The Morgan fingerprint density at radius 1 is 1.25 bits per heavy atom. The number of hydrazine groups is 1. The standard InChI is InChI=1S/C14H20N8OS/c1-21(2)9-8-15-14(24)18-16-12(23)10-22-19-13(17-20-22)11-6-4-3-5-7-11/h3-7H,8-10H2,1-2H3,(H,16,23)(H2,15,18,24). The van der Waals surface area contributed by atoms with Crippen LogP contribution in [0.3, 0.4) is 0 Å². The van der Waals surface area contributed by atoms with E-state index in [1.54, 1.807) is 0 Å². The third kappa shape index (κ3) is 5.89. The summed E-state index contributed by atoms with van der Waals surface area (Å²) in [7, 11) is 3.93. The van der Waals surface area contributed by atoms with Crippen molar-refractivity contribution in [2.45, 2.75) is 6.54 Å². The van der Waals surface area contributed by atoms with Crippen LogP contribution in [0.5, 0.6) is 0 Å². The Morgan fingerprint density at radius 3 is 2.71 bits per heavy atom. The summed E-state index contributed by atoms with van der Waals surface area (Å²) in [6.45, 7) is 1.45. The second kappa shape index (κ2) is 8.89. The average molecular weight is 348 g/mol. The SMILES string of the molecule is CN(C)CCNC(=S)NNC(=O)Cn1nnc(-c2ccccc2)n1. The molecule has 1 amide bonds. The lowest BCUT2D eigenvalue weighted by molar-refractivity contribution is -0.122. The Bertz CT molecular complexity index is 672. The number of hydrogen-bond acceptors (Lipinski definition) is 6. The van der Waals surface area contributed by atoms with Gasteiger partial charge < -0.3 is 10.2 Å². The van der Waals surface area contributed by atoms with E-state index in [2.05, 4.69) is 31.6 Å². The number of nitrogens with one attached hydrogen (secondary N) is 3. The van der Waals surface area contributed by atoms with Crippen LogP contribution in [0.2, 0.25) is 0 Å². The highest BCUT2D eigenvalue weighted by atomic mass is 32.1. The van der Waals surface area contributed by atoms with Crippen LogP contribution in [-0.2, 0) is 11.3 Å². The molecule has 0 saturated heterocycles. The molecule has 24 heavy (non-hydrogen) atoms. The highest BCUT2D eigenvalue weighted by molar-refractivity contribution is 7.80. The number of thiocarbonyl (C=S) groups is 1. The molecule has 128 valence electrons. The summed E-state index contributed by atoms with van der Waals surface area (Å²) < 4.78 is 0. The monoisotopic (exact) mass is 348 g/mol. The number of likely N-dealkylation sites (N-methyl/N-ethyl adjacent to an activating group) is 1. The zero-order valence-corrected chi connectivity index (χ0v) is 14.4. The van der Waals surface area contributed by atoms with E-state index in [4.69, 9.17) is 12.2 Å². The number of rotatable bonds is 6. The molecule has 0 saturated carbocycles. The summed E-state index contributed by atoms with van der Waals surface area (Å²) in [5, 5.41) is 15.3. The lowest BCUT2D eigenvalue weighted by Gasteiger charge is -2.13. The Morgan fingerprint density at radius 2 is 2.00 bits per heavy atom. The Hall–Kier alpha value is -2.59. The number of benzene rings is 1. The minimum absolute atomic E-state index is 0.0624. The molecule has 0 aliphatic rings. The van der Waals surface area contributed by atoms with Crippen LogP contribution in [0, 0.1) is 0 Å². The molecular formula is C14H20N8OS. The first-order valence-corrected chi connectivity index (χ1v) is 7.76. The first-order chi connectivity index (χ1) is 11.5. The van der Waals surface area contributed by atoms with Crippen molar-refractivity contribution in [1.29, 1.82) is 0 Å². The quantitative estimate of drug-likeness (QED) is 0.470. The fraction of sp³-hybridized carbons (Fsp3) is 0.357. The predicted molar refractivity (Wildman–Crippen MR) is 93.7 cm³/mol. The van der Waals surface area contributed by atoms with Gasteiger partial charge in [0.1, 0.15) is 6.54 Å². The van der Waals surface area contributed by atoms with Crippen LogP contribution < -0.4 is 16.2 Å². The van der Waals surface area contributed by atoms with Crippen molar-refractivity contribution < 1.29 is 4.79 Å². The van der Waals surface area contributed by atoms with E-state index in [-0.39, 0.29) is 12.5 Å². The number of hydrogen-bond donors (Lipinski definition) is 3. The lowest BCUT2D eigenvalue weighted by atomic mass is 10.2. The molecule has 0 fully saturated rings. The zero-order chi connectivity index (χ0) is 17.4. The molecule has 0 bridgehead atoms. The van der Waals surface area contributed by atoms with Gasteiger partial charge in [0.15, 0.2) is 5.11 Å². The second-order valence-electron chi connectivity index (χ2n) is 5.24. The van der Waals surface area contributed by atoms with Crippen LogP contribution in [0.1, 0.15) is 0 Å². The fourth-order valence-corrected chi connectivity index (χ4v) is 1.90. The summed E-state index contributed by atoms with van der Waals surface area (Å²) in [5.74, 6) is 0.140. The number of nitrogens with zero attached hydrogens (tertiary/aromatic N) is 5. The first-order valence-electron chi connectivity index (χ1n) is 7.35. The maximum Gasteiger partial charge on any atom is 0.262 e. The van der Waals surface area contributed by atoms with Crippen molar-refractivity contribution in [3.05, 3.63) is 30.3 Å². The van der Waals surface area contributed by atoms with Gasteiger partial charge in [0.25, 0.3) is 5.91 Å². The van der Waals surface area contributed by atoms with Gasteiger partial charge in [0, 0.05) is 18.7 Å². The van der Waals surface area contributed by atoms with Crippen LogP contribution in [0.15, 0.2) is 30.3 Å². The normalized spacial score (nSPS) is 10.5. The van der Waals surface area contributed by atoms with Crippen molar-refractivity contribution in [2.24, 2.45) is 0 Å². The number of tetrazole rings is 1. The van der Waals surface area contributed by atoms with Gasteiger partial charge in [-0.25, -0.2) is 0 Å². The molecule has 2 rings (SSSR count). The summed E-state index contributed by atoms with van der Waals surface area (Å²) >= 11 is 5.05. The first kappa shape index (κ1) is 17.8.